The molecule has 0 atom stereocenters. The normalized spacial score (nSPS) is 10.9. The number of Topliss-reactive ketones (excluding diaryl/α,β-unsaturated/α-hetero) is 1. The van der Waals surface area contributed by atoms with Gasteiger partial charge in [-0.25, -0.2) is 4.98 Å². The van der Waals surface area contributed by atoms with Crippen molar-refractivity contribution in [2.45, 2.75) is 5.16 Å². The fourth-order valence-electron chi connectivity index (χ4n) is 2.15. The molecule has 0 radical (unpaired) electrons. The van der Waals surface area contributed by atoms with Gasteiger partial charge in [-0.3, -0.25) is 9.89 Å². The Balaban J connectivity index is 1.58. The third-order valence-electron chi connectivity index (χ3n) is 3.44. The van der Waals surface area contributed by atoms with Gasteiger partial charge in [0, 0.05) is 5.56 Å². The molecule has 3 aromatic rings. The second kappa shape index (κ2) is 8.30. The lowest BCUT2D eigenvalue weighted by atomic mass is 10.1. The number of H-pyrrole nitrogens is 1. The Bertz CT molecular complexity index is 875. The van der Waals surface area contributed by atoms with Crippen LogP contribution in [0.25, 0.3) is 12.2 Å². The summed E-state index contributed by atoms with van der Waals surface area (Å²) in [6.45, 7) is 0. The molecule has 2 aromatic carbocycles. The maximum absolute atomic E-state index is 12.2. The predicted octanol–water partition coefficient (Wildman–Crippen LogP) is 3.96. The van der Waals surface area contributed by atoms with Crippen LogP contribution in [-0.4, -0.2) is 33.8 Å². The Morgan fingerprint density at radius 3 is 2.80 bits per heavy atom. The number of hydrogen-bond donors (Lipinski definition) is 1. The highest BCUT2D eigenvalue weighted by molar-refractivity contribution is 7.99. The lowest BCUT2D eigenvalue weighted by Crippen LogP contribution is -2.02. The first kappa shape index (κ1) is 17.0. The van der Waals surface area contributed by atoms with Crippen molar-refractivity contribution in [1.82, 2.24) is 15.2 Å². The number of rotatable bonds is 7. The van der Waals surface area contributed by atoms with E-state index in [2.05, 4.69) is 15.2 Å². The van der Waals surface area contributed by atoms with Gasteiger partial charge >= 0.3 is 0 Å². The van der Waals surface area contributed by atoms with E-state index in [1.807, 2.05) is 48.6 Å². The predicted molar refractivity (Wildman–Crippen MR) is 99.8 cm³/mol. The van der Waals surface area contributed by atoms with Crippen LogP contribution in [0.4, 0.5) is 0 Å². The van der Waals surface area contributed by atoms with Gasteiger partial charge < -0.3 is 4.74 Å². The SMILES string of the molecule is COc1cccc(C(=O)CSc2n[nH]c(/C=C/c3ccccc3)n2)c1. The fourth-order valence-corrected chi connectivity index (χ4v) is 2.85. The van der Waals surface area contributed by atoms with E-state index in [9.17, 15) is 4.79 Å². The fraction of sp³-hybridized carbons (Fsp3) is 0.105. The van der Waals surface area contributed by atoms with Gasteiger partial charge in [0.15, 0.2) is 5.78 Å². The summed E-state index contributed by atoms with van der Waals surface area (Å²) in [5, 5.41) is 7.53. The van der Waals surface area contributed by atoms with Crippen molar-refractivity contribution in [1.29, 1.82) is 0 Å². The van der Waals surface area contributed by atoms with E-state index in [-0.39, 0.29) is 11.5 Å². The third kappa shape index (κ3) is 4.81. The maximum Gasteiger partial charge on any atom is 0.209 e. The van der Waals surface area contributed by atoms with Crippen molar-refractivity contribution in [3.05, 3.63) is 71.5 Å². The molecular weight excluding hydrogens is 334 g/mol. The van der Waals surface area contributed by atoms with Gasteiger partial charge in [0.05, 0.1) is 12.9 Å². The molecule has 0 unspecified atom stereocenters. The molecule has 0 bridgehead atoms. The van der Waals surface area contributed by atoms with E-state index in [0.717, 1.165) is 5.56 Å². The van der Waals surface area contributed by atoms with Crippen LogP contribution in [-0.2, 0) is 0 Å². The van der Waals surface area contributed by atoms with Crippen LogP contribution in [0.5, 0.6) is 5.75 Å². The van der Waals surface area contributed by atoms with Crippen LogP contribution >= 0.6 is 11.8 Å². The number of benzene rings is 2. The summed E-state index contributed by atoms with van der Waals surface area (Å²) in [6, 6.07) is 17.1. The highest BCUT2D eigenvalue weighted by atomic mass is 32.2. The Morgan fingerprint density at radius 2 is 2.00 bits per heavy atom. The van der Waals surface area contributed by atoms with E-state index in [1.54, 1.807) is 25.3 Å². The molecule has 0 aliphatic rings. The number of aromatic amines is 1. The molecule has 0 aliphatic carbocycles. The molecule has 0 amide bonds. The largest absolute Gasteiger partial charge is 0.497 e. The second-order valence-corrected chi connectivity index (χ2v) is 6.13. The number of hydrogen-bond acceptors (Lipinski definition) is 5. The molecule has 126 valence electrons. The van der Waals surface area contributed by atoms with Crippen molar-refractivity contribution in [2.75, 3.05) is 12.9 Å². The number of ketones is 1. The molecule has 0 saturated carbocycles. The van der Waals surface area contributed by atoms with E-state index >= 15 is 0 Å². The van der Waals surface area contributed by atoms with E-state index in [4.69, 9.17) is 4.74 Å². The van der Waals surface area contributed by atoms with Crippen molar-refractivity contribution in [3.63, 3.8) is 0 Å². The number of ether oxygens (including phenoxy) is 1. The quantitative estimate of drug-likeness (QED) is 0.515. The molecule has 0 fully saturated rings. The average Bonchev–Trinajstić information content (AvgIpc) is 3.13. The monoisotopic (exact) mass is 351 g/mol. The summed E-state index contributed by atoms with van der Waals surface area (Å²) in [4.78, 5) is 16.6. The minimum Gasteiger partial charge on any atom is -0.497 e. The second-order valence-electron chi connectivity index (χ2n) is 5.19. The zero-order valence-electron chi connectivity index (χ0n) is 13.7. The molecule has 1 heterocycles. The minimum absolute atomic E-state index is 0.00933. The first-order valence-corrected chi connectivity index (χ1v) is 8.69. The summed E-state index contributed by atoms with van der Waals surface area (Å²) in [5.41, 5.74) is 1.70. The molecule has 1 aromatic heterocycles. The zero-order chi connectivity index (χ0) is 17.5. The molecule has 6 heteroatoms. The Labute approximate surface area is 150 Å². The third-order valence-corrected chi connectivity index (χ3v) is 4.29. The van der Waals surface area contributed by atoms with Gasteiger partial charge in [-0.05, 0) is 23.8 Å². The van der Waals surface area contributed by atoms with E-state index in [0.29, 0.717) is 22.3 Å². The number of nitrogens with one attached hydrogen (secondary N) is 1. The maximum atomic E-state index is 12.2. The van der Waals surface area contributed by atoms with Crippen LogP contribution in [0.3, 0.4) is 0 Å². The van der Waals surface area contributed by atoms with Gasteiger partial charge in [0.25, 0.3) is 0 Å². The number of thioether (sulfide) groups is 1. The van der Waals surface area contributed by atoms with Crippen LogP contribution in [0.15, 0.2) is 59.8 Å². The van der Waals surface area contributed by atoms with Crippen LogP contribution in [0, 0.1) is 0 Å². The van der Waals surface area contributed by atoms with Gasteiger partial charge in [0.1, 0.15) is 11.6 Å². The Morgan fingerprint density at radius 1 is 1.16 bits per heavy atom. The zero-order valence-corrected chi connectivity index (χ0v) is 14.5. The van der Waals surface area contributed by atoms with Gasteiger partial charge in [-0.2, -0.15) is 0 Å². The number of aromatic nitrogens is 3. The van der Waals surface area contributed by atoms with E-state index < -0.39 is 0 Å². The van der Waals surface area contributed by atoms with Gasteiger partial charge in [0.2, 0.25) is 5.16 Å². The minimum atomic E-state index is 0.00933. The number of nitrogens with zero attached hydrogens (tertiary/aromatic N) is 2. The van der Waals surface area contributed by atoms with Crippen molar-refractivity contribution >= 4 is 29.7 Å². The molecule has 0 aliphatic heterocycles. The molecule has 1 N–H and O–H groups in total. The molecule has 3 rings (SSSR count). The average molecular weight is 351 g/mol. The number of methoxy groups -OCH3 is 1. The number of carbonyl (C=O) groups is 1. The highest BCUT2D eigenvalue weighted by Gasteiger charge is 2.10. The standard InChI is InChI=1S/C19H17N3O2S/c1-24-16-9-5-8-15(12-16)17(23)13-25-19-20-18(21-22-19)11-10-14-6-3-2-4-7-14/h2-12H,13H2,1H3,(H,20,21,22)/b11-10+. The summed E-state index contributed by atoms with van der Waals surface area (Å²) in [6.07, 6.45) is 3.81. The molecule has 5 nitrogen and oxygen atoms in total. The van der Waals surface area contributed by atoms with Crippen molar-refractivity contribution in [2.24, 2.45) is 0 Å². The summed E-state index contributed by atoms with van der Waals surface area (Å²) < 4.78 is 5.14. The Hall–Kier alpha value is -2.86. The smallest absolute Gasteiger partial charge is 0.209 e. The lowest BCUT2D eigenvalue weighted by Gasteiger charge is -2.02. The molecular formula is C19H17N3O2S. The first-order valence-electron chi connectivity index (χ1n) is 7.70. The molecule has 0 saturated heterocycles. The van der Waals surface area contributed by atoms with Crippen molar-refractivity contribution in [3.8, 4) is 5.75 Å². The van der Waals surface area contributed by atoms with Crippen LogP contribution in [0.2, 0.25) is 0 Å². The lowest BCUT2D eigenvalue weighted by molar-refractivity contribution is 0.102. The summed E-state index contributed by atoms with van der Waals surface area (Å²) in [7, 11) is 1.58. The summed E-state index contributed by atoms with van der Waals surface area (Å²) in [5.74, 6) is 1.60. The first-order chi connectivity index (χ1) is 12.2. The number of carbonyl (C=O) groups excluding carboxylic acids is 1. The van der Waals surface area contributed by atoms with Gasteiger partial charge in [-0.1, -0.05) is 60.3 Å². The summed E-state index contributed by atoms with van der Waals surface area (Å²) >= 11 is 1.30. The van der Waals surface area contributed by atoms with Crippen LogP contribution in [0.1, 0.15) is 21.7 Å². The highest BCUT2D eigenvalue weighted by Crippen LogP contribution is 2.18. The van der Waals surface area contributed by atoms with Gasteiger partial charge in [-0.15, -0.1) is 5.10 Å². The van der Waals surface area contributed by atoms with Crippen LogP contribution < -0.4 is 4.74 Å². The molecule has 25 heavy (non-hydrogen) atoms. The molecule has 0 spiro atoms. The topological polar surface area (TPSA) is 67.9 Å². The van der Waals surface area contributed by atoms with E-state index in [1.165, 1.54) is 11.8 Å². The van der Waals surface area contributed by atoms with Crippen molar-refractivity contribution < 1.29 is 9.53 Å². The Kier molecular flexibility index (Phi) is 5.64.